The van der Waals surface area contributed by atoms with Crippen molar-refractivity contribution in [3.8, 4) is 0 Å². The Morgan fingerprint density at radius 2 is 1.83 bits per heavy atom. The average molecular weight is 604 g/mol. The summed E-state index contributed by atoms with van der Waals surface area (Å²) in [5, 5.41) is 7.09. The van der Waals surface area contributed by atoms with E-state index in [1.54, 1.807) is 6.07 Å². The number of piperazine rings is 1. The molecule has 5 rings (SSSR count). The summed E-state index contributed by atoms with van der Waals surface area (Å²) >= 11 is 12.6. The summed E-state index contributed by atoms with van der Waals surface area (Å²) in [6.07, 6.45) is 2.72. The Labute approximate surface area is 252 Å². The number of carbonyl (C=O) groups excluding carboxylic acids is 2. The van der Waals surface area contributed by atoms with Crippen LogP contribution in [-0.4, -0.2) is 73.3 Å². The number of hydrogen-bond acceptors (Lipinski definition) is 5. The van der Waals surface area contributed by atoms with Gasteiger partial charge in [-0.2, -0.15) is 0 Å². The summed E-state index contributed by atoms with van der Waals surface area (Å²) in [5.41, 5.74) is 0.447. The van der Waals surface area contributed by atoms with E-state index in [2.05, 4.69) is 48.3 Å². The molecule has 0 aromatic heterocycles. The Kier molecular flexibility index (Phi) is 8.85. The van der Waals surface area contributed by atoms with Crippen LogP contribution in [0.5, 0.6) is 0 Å². The topological polar surface area (TPSA) is 64.7 Å². The van der Waals surface area contributed by atoms with E-state index in [0.717, 1.165) is 51.1 Å². The van der Waals surface area contributed by atoms with Crippen LogP contribution < -0.4 is 10.6 Å². The van der Waals surface area contributed by atoms with Crippen LogP contribution in [0, 0.1) is 11.2 Å². The summed E-state index contributed by atoms with van der Waals surface area (Å²) in [6.45, 7) is 11.6. The van der Waals surface area contributed by atoms with Crippen LogP contribution in [-0.2, 0) is 15.0 Å². The summed E-state index contributed by atoms with van der Waals surface area (Å²) in [7, 11) is 2.15. The second-order valence-electron chi connectivity index (χ2n) is 13.2. The standard InChI is InChI=1S/C32H41Cl2FN4O2/c1-31(2,3)19-27-32(22-17-24(35)23(34)18-25(22)36-30(32)41)28(20-8-7-9-21(33)16-20)29(37-27)26(40)10-5-6-11-39-14-12-38(4)13-15-39/h7-9,16-18,27-29,37H,5-6,10-15,19H2,1-4H3,(H,36,41)/t27-,28+,29+,32+/m1/s1. The van der Waals surface area contributed by atoms with Crippen LogP contribution in [0.15, 0.2) is 36.4 Å². The van der Waals surface area contributed by atoms with Crippen LogP contribution in [0.4, 0.5) is 10.1 Å². The normalized spacial score (nSPS) is 26.9. The van der Waals surface area contributed by atoms with Gasteiger partial charge in [0.1, 0.15) is 17.0 Å². The van der Waals surface area contributed by atoms with Gasteiger partial charge in [-0.1, -0.05) is 56.1 Å². The molecule has 2 N–H and O–H groups in total. The number of carbonyl (C=O) groups is 2. The maximum atomic E-state index is 15.0. The highest BCUT2D eigenvalue weighted by atomic mass is 35.5. The highest BCUT2D eigenvalue weighted by Gasteiger charge is 2.65. The number of hydrogen-bond donors (Lipinski definition) is 2. The molecule has 0 unspecified atom stereocenters. The molecule has 2 saturated heterocycles. The summed E-state index contributed by atoms with van der Waals surface area (Å²) in [4.78, 5) is 33.1. The fraction of sp³-hybridized carbons (Fsp3) is 0.562. The first-order valence-corrected chi connectivity index (χ1v) is 15.4. The number of amides is 1. The van der Waals surface area contributed by atoms with Crippen molar-refractivity contribution in [2.45, 2.75) is 69.9 Å². The van der Waals surface area contributed by atoms with Gasteiger partial charge in [-0.3, -0.25) is 9.59 Å². The number of fused-ring (bicyclic) bond motifs is 2. The second kappa shape index (κ2) is 11.9. The minimum atomic E-state index is -1.21. The smallest absolute Gasteiger partial charge is 0.237 e. The van der Waals surface area contributed by atoms with Crippen molar-refractivity contribution in [3.63, 3.8) is 0 Å². The van der Waals surface area contributed by atoms with E-state index in [1.807, 2.05) is 18.2 Å². The lowest BCUT2D eigenvalue weighted by Crippen LogP contribution is -2.49. The number of Topliss-reactive ketones (excluding diaryl/α,β-unsaturated/α-hetero) is 1. The molecule has 41 heavy (non-hydrogen) atoms. The predicted octanol–water partition coefficient (Wildman–Crippen LogP) is 5.87. The fourth-order valence-corrected chi connectivity index (χ4v) is 7.41. The van der Waals surface area contributed by atoms with Crippen molar-refractivity contribution < 1.29 is 14.0 Å². The number of rotatable bonds is 8. The van der Waals surface area contributed by atoms with Gasteiger partial charge in [0.2, 0.25) is 5.91 Å². The van der Waals surface area contributed by atoms with E-state index in [4.69, 9.17) is 23.2 Å². The van der Waals surface area contributed by atoms with Gasteiger partial charge in [-0.15, -0.1) is 0 Å². The lowest BCUT2D eigenvalue weighted by atomic mass is 9.62. The predicted molar refractivity (Wildman–Crippen MR) is 163 cm³/mol. The molecule has 2 fully saturated rings. The fourth-order valence-electron chi connectivity index (χ4n) is 7.05. The largest absolute Gasteiger partial charge is 0.325 e. The molecule has 0 bridgehead atoms. The summed E-state index contributed by atoms with van der Waals surface area (Å²) in [6, 6.07) is 9.21. The van der Waals surface area contributed by atoms with E-state index in [0.29, 0.717) is 29.1 Å². The molecule has 4 atom stereocenters. The Balaban J connectivity index is 1.50. The molecule has 1 spiro atoms. The number of nitrogens with one attached hydrogen (secondary N) is 2. The summed E-state index contributed by atoms with van der Waals surface area (Å²) in [5.74, 6) is -1.33. The van der Waals surface area contributed by atoms with Crippen LogP contribution in [0.2, 0.25) is 10.0 Å². The van der Waals surface area contributed by atoms with Gasteiger partial charge < -0.3 is 20.4 Å². The highest BCUT2D eigenvalue weighted by molar-refractivity contribution is 6.31. The van der Waals surface area contributed by atoms with E-state index in [9.17, 15) is 9.59 Å². The minimum Gasteiger partial charge on any atom is -0.325 e. The Morgan fingerprint density at radius 1 is 1.10 bits per heavy atom. The van der Waals surface area contributed by atoms with E-state index < -0.39 is 29.2 Å². The minimum absolute atomic E-state index is 0.0493. The van der Waals surface area contributed by atoms with E-state index >= 15 is 4.39 Å². The van der Waals surface area contributed by atoms with Gasteiger partial charge in [0, 0.05) is 55.3 Å². The Morgan fingerprint density at radius 3 is 2.51 bits per heavy atom. The zero-order chi connectivity index (χ0) is 29.5. The van der Waals surface area contributed by atoms with Crippen LogP contribution in [0.1, 0.15) is 63.5 Å². The first-order valence-electron chi connectivity index (χ1n) is 14.7. The molecular weight excluding hydrogens is 562 g/mol. The molecule has 0 saturated carbocycles. The maximum absolute atomic E-state index is 15.0. The van der Waals surface area contributed by atoms with Crippen LogP contribution >= 0.6 is 23.2 Å². The van der Waals surface area contributed by atoms with Crippen molar-refractivity contribution in [1.82, 2.24) is 15.1 Å². The third-order valence-electron chi connectivity index (χ3n) is 9.00. The highest BCUT2D eigenvalue weighted by Crippen LogP contribution is 2.57. The molecule has 0 radical (unpaired) electrons. The van der Waals surface area contributed by atoms with Gasteiger partial charge in [0.25, 0.3) is 0 Å². The number of likely N-dealkylation sites (N-methyl/N-ethyl adjacent to an activating group) is 1. The molecule has 3 aliphatic heterocycles. The first-order chi connectivity index (χ1) is 19.4. The molecule has 2 aromatic carbocycles. The first kappa shape index (κ1) is 30.4. The van der Waals surface area contributed by atoms with Crippen molar-refractivity contribution in [1.29, 1.82) is 0 Å². The SMILES string of the molecule is CN1CCN(CCCCC(=O)[C@@H]2N[C@H](CC(C)(C)C)[C@]3(C(=O)Nc4cc(Cl)c(F)cc43)[C@H]2c2cccc(Cl)c2)CC1. The van der Waals surface area contributed by atoms with Gasteiger partial charge in [-0.05, 0) is 73.7 Å². The van der Waals surface area contributed by atoms with Crippen molar-refractivity contribution in [3.05, 3.63) is 63.4 Å². The van der Waals surface area contributed by atoms with Crippen molar-refractivity contribution >= 4 is 40.6 Å². The number of nitrogens with zero attached hydrogens (tertiary/aromatic N) is 2. The lowest BCUT2D eigenvalue weighted by molar-refractivity contribution is -0.122. The van der Waals surface area contributed by atoms with Gasteiger partial charge >= 0.3 is 0 Å². The maximum Gasteiger partial charge on any atom is 0.237 e. The lowest BCUT2D eigenvalue weighted by Gasteiger charge is -2.37. The van der Waals surface area contributed by atoms with Gasteiger partial charge in [-0.25, -0.2) is 4.39 Å². The number of unbranched alkanes of at least 4 members (excludes halogenated alkanes) is 1. The quantitative estimate of drug-likeness (QED) is 0.370. The molecular formula is C32H41Cl2FN4O2. The van der Waals surface area contributed by atoms with Crippen molar-refractivity contribution in [2.75, 3.05) is 45.1 Å². The van der Waals surface area contributed by atoms with Crippen LogP contribution in [0.3, 0.4) is 0 Å². The average Bonchev–Trinajstić information content (AvgIpc) is 3.37. The van der Waals surface area contributed by atoms with Crippen LogP contribution in [0.25, 0.3) is 0 Å². The monoisotopic (exact) mass is 602 g/mol. The third-order valence-corrected chi connectivity index (χ3v) is 9.52. The third kappa shape index (κ3) is 6.07. The zero-order valence-corrected chi connectivity index (χ0v) is 25.9. The molecule has 9 heteroatoms. The van der Waals surface area contributed by atoms with Gasteiger partial charge in [0.15, 0.2) is 0 Å². The van der Waals surface area contributed by atoms with Crippen molar-refractivity contribution in [2.24, 2.45) is 5.41 Å². The van der Waals surface area contributed by atoms with E-state index in [1.165, 1.54) is 12.1 Å². The van der Waals surface area contributed by atoms with E-state index in [-0.39, 0.29) is 22.1 Å². The Hall–Kier alpha value is -2.03. The molecule has 0 aliphatic carbocycles. The number of benzene rings is 2. The molecule has 2 aromatic rings. The molecule has 222 valence electrons. The number of ketones is 1. The van der Waals surface area contributed by atoms with Gasteiger partial charge in [0.05, 0.1) is 11.1 Å². The number of halogens is 3. The molecule has 3 aliphatic rings. The second-order valence-corrected chi connectivity index (χ2v) is 14.0. The Bertz CT molecular complexity index is 1310. The number of anilines is 1. The zero-order valence-electron chi connectivity index (χ0n) is 24.4. The molecule has 1 amide bonds. The summed E-state index contributed by atoms with van der Waals surface area (Å²) < 4.78 is 15.0. The molecule has 3 heterocycles. The molecule has 6 nitrogen and oxygen atoms in total.